The molecule has 0 aromatic carbocycles. The number of phosphoric acid groups is 2. The highest BCUT2D eigenvalue weighted by Crippen LogP contribution is 2.45. The van der Waals surface area contributed by atoms with Gasteiger partial charge in [0.25, 0.3) is 0 Å². The first-order chi connectivity index (χ1) is 50.3. The number of hydrogen-bond acceptors (Lipinski definition) is 15. The summed E-state index contributed by atoms with van der Waals surface area (Å²) in [6, 6.07) is 0. The molecule has 0 aromatic heterocycles. The molecule has 0 rings (SSSR count). The Bertz CT molecular complexity index is 2010. The van der Waals surface area contributed by atoms with E-state index in [1.165, 1.54) is 250 Å². The van der Waals surface area contributed by atoms with Crippen LogP contribution in [0.15, 0.2) is 0 Å². The van der Waals surface area contributed by atoms with E-state index in [2.05, 4.69) is 48.5 Å². The Morgan fingerprint density at radius 3 is 0.731 bits per heavy atom. The molecule has 0 aliphatic heterocycles. The largest absolute Gasteiger partial charge is 0.472 e. The van der Waals surface area contributed by atoms with E-state index in [0.29, 0.717) is 31.6 Å². The Morgan fingerprint density at radius 1 is 0.279 bits per heavy atom. The average molecular weight is 1520 g/mol. The zero-order valence-corrected chi connectivity index (χ0v) is 70.3. The van der Waals surface area contributed by atoms with Gasteiger partial charge in [-0.1, -0.05) is 395 Å². The summed E-state index contributed by atoms with van der Waals surface area (Å²) in [5, 5.41) is 10.7. The fraction of sp³-hybridized carbons (Fsp3) is 0.953. The van der Waals surface area contributed by atoms with Crippen LogP contribution in [0.2, 0.25) is 0 Å². The highest BCUT2D eigenvalue weighted by atomic mass is 31.2. The van der Waals surface area contributed by atoms with Crippen LogP contribution in [0.1, 0.15) is 447 Å². The zero-order valence-electron chi connectivity index (χ0n) is 68.5. The molecule has 0 heterocycles. The molecule has 4 unspecified atom stereocenters. The predicted octanol–water partition coefficient (Wildman–Crippen LogP) is 25.7. The number of hydrogen-bond donors (Lipinski definition) is 3. The Balaban J connectivity index is 5.22. The van der Waals surface area contributed by atoms with E-state index in [4.69, 9.17) is 37.0 Å². The van der Waals surface area contributed by atoms with Crippen molar-refractivity contribution in [1.29, 1.82) is 0 Å². The molecule has 0 aromatic rings. The number of aliphatic hydroxyl groups is 1. The van der Waals surface area contributed by atoms with Crippen LogP contribution in [0.3, 0.4) is 0 Å². The van der Waals surface area contributed by atoms with Crippen LogP contribution in [0.4, 0.5) is 0 Å². The summed E-state index contributed by atoms with van der Waals surface area (Å²) in [4.78, 5) is 73.1. The maximum absolute atomic E-state index is 13.1. The summed E-state index contributed by atoms with van der Waals surface area (Å²) in [5.74, 6) is 0.271. The lowest BCUT2D eigenvalue weighted by molar-refractivity contribution is -0.161. The van der Waals surface area contributed by atoms with Crippen LogP contribution < -0.4 is 0 Å². The summed E-state index contributed by atoms with van der Waals surface area (Å²) < 4.78 is 68.8. The van der Waals surface area contributed by atoms with Gasteiger partial charge in [-0.3, -0.25) is 37.3 Å². The van der Waals surface area contributed by atoms with Crippen molar-refractivity contribution in [2.45, 2.75) is 465 Å². The molecule has 7 atom stereocenters. The van der Waals surface area contributed by atoms with Gasteiger partial charge >= 0.3 is 39.5 Å². The molecular weight excluding hydrogens is 1350 g/mol. The quantitative estimate of drug-likeness (QED) is 0.0222. The summed E-state index contributed by atoms with van der Waals surface area (Å²) in [6.07, 6.45) is 65.3. The van der Waals surface area contributed by atoms with Crippen molar-refractivity contribution in [3.63, 3.8) is 0 Å². The topological polar surface area (TPSA) is 237 Å². The molecule has 0 spiro atoms. The third-order valence-corrected chi connectivity index (χ3v) is 22.5. The second-order valence-corrected chi connectivity index (χ2v) is 34.4. The molecule has 0 aliphatic rings. The van der Waals surface area contributed by atoms with Gasteiger partial charge in [0.05, 0.1) is 26.4 Å². The van der Waals surface area contributed by atoms with Gasteiger partial charge in [-0.2, -0.15) is 0 Å². The van der Waals surface area contributed by atoms with E-state index >= 15 is 0 Å². The summed E-state index contributed by atoms with van der Waals surface area (Å²) in [5.41, 5.74) is 0. The minimum absolute atomic E-state index is 0.106. The van der Waals surface area contributed by atoms with E-state index in [0.717, 1.165) is 108 Å². The van der Waals surface area contributed by atoms with Gasteiger partial charge in [-0.05, 0) is 43.4 Å². The van der Waals surface area contributed by atoms with Crippen molar-refractivity contribution < 1.29 is 80.2 Å². The van der Waals surface area contributed by atoms with Gasteiger partial charge in [0, 0.05) is 25.7 Å². The van der Waals surface area contributed by atoms with Crippen LogP contribution in [0.5, 0.6) is 0 Å². The van der Waals surface area contributed by atoms with Crippen LogP contribution in [0, 0.1) is 17.8 Å². The first-order valence-electron chi connectivity index (χ1n) is 43.9. The molecule has 3 N–H and O–H groups in total. The SMILES string of the molecule is CCCCCCCCCCCCCCCCCCCCC(=O)OC[C@H](COP(=O)(O)OC[C@@H](O)COP(=O)(O)OC[C@@H](COC(=O)CCCCCCCCCC(C)C)OC(=O)CCCCCCCCCCCCC(C)CC)OC(=O)CCCCCCCCCCCCCCCCCCCCC(C)CC. The first-order valence-corrected chi connectivity index (χ1v) is 46.9. The van der Waals surface area contributed by atoms with Gasteiger partial charge < -0.3 is 33.8 Å². The van der Waals surface area contributed by atoms with Crippen molar-refractivity contribution in [3.05, 3.63) is 0 Å². The van der Waals surface area contributed by atoms with E-state index in [-0.39, 0.29) is 25.7 Å². The average Bonchev–Trinajstić information content (AvgIpc) is 0.903. The maximum Gasteiger partial charge on any atom is 0.472 e. The molecule has 0 saturated heterocycles. The van der Waals surface area contributed by atoms with Crippen LogP contribution in [-0.2, 0) is 65.4 Å². The lowest BCUT2D eigenvalue weighted by Crippen LogP contribution is -2.30. The highest BCUT2D eigenvalue weighted by Gasteiger charge is 2.30. The number of ether oxygens (including phenoxy) is 4. The molecule has 17 nitrogen and oxygen atoms in total. The number of rotatable bonds is 83. The summed E-state index contributed by atoms with van der Waals surface area (Å²) in [7, 11) is -9.93. The minimum atomic E-state index is -4.97. The molecule has 0 aliphatic carbocycles. The van der Waals surface area contributed by atoms with Crippen molar-refractivity contribution >= 4 is 39.5 Å². The molecule has 0 saturated carbocycles. The van der Waals surface area contributed by atoms with Gasteiger partial charge in [0.15, 0.2) is 12.2 Å². The van der Waals surface area contributed by atoms with Crippen molar-refractivity contribution in [2.75, 3.05) is 39.6 Å². The lowest BCUT2D eigenvalue weighted by atomic mass is 9.99. The number of carbonyl (C=O) groups excluding carboxylic acids is 4. The Hall–Kier alpha value is -1.94. The van der Waals surface area contributed by atoms with Crippen LogP contribution in [0.25, 0.3) is 0 Å². The van der Waals surface area contributed by atoms with E-state index < -0.39 is 97.5 Å². The van der Waals surface area contributed by atoms with E-state index in [9.17, 15) is 43.2 Å². The van der Waals surface area contributed by atoms with Crippen molar-refractivity contribution in [1.82, 2.24) is 0 Å². The smallest absolute Gasteiger partial charge is 0.462 e. The lowest BCUT2D eigenvalue weighted by Gasteiger charge is -2.21. The third-order valence-electron chi connectivity index (χ3n) is 20.6. The standard InChI is InChI=1S/C85H166O17P2/c1-8-11-12-13-14-15-16-17-18-19-23-26-29-32-38-45-52-59-66-82(87)95-72-80(101-84(89)68-61-54-46-39-33-30-27-24-21-20-22-25-28-31-36-43-50-57-64-77(6)9-2)74-99-103(91,92)97-70-79(86)71-98-104(93,94)100-75-81(73-96-83(88)67-60-53-48-41-42-49-56-63-76(4)5)102-85(90)69-62-55-47-40-35-34-37-44-51-58-65-78(7)10-3/h76-81,86H,8-75H2,1-7H3,(H,91,92)(H,93,94)/t77?,78?,79-,80-,81-/m1/s1. The van der Waals surface area contributed by atoms with Gasteiger partial charge in [0.2, 0.25) is 0 Å². The molecule has 104 heavy (non-hydrogen) atoms. The van der Waals surface area contributed by atoms with Crippen molar-refractivity contribution in [2.24, 2.45) is 17.8 Å². The van der Waals surface area contributed by atoms with Crippen LogP contribution >= 0.6 is 15.6 Å². The number of aliphatic hydroxyl groups excluding tert-OH is 1. The first kappa shape index (κ1) is 102. The fourth-order valence-electron chi connectivity index (χ4n) is 13.1. The van der Waals surface area contributed by atoms with E-state index in [1.54, 1.807) is 0 Å². The molecule has 0 fully saturated rings. The monoisotopic (exact) mass is 1520 g/mol. The normalized spacial score (nSPS) is 14.4. The summed E-state index contributed by atoms with van der Waals surface area (Å²) in [6.45, 7) is 12.0. The summed E-state index contributed by atoms with van der Waals surface area (Å²) >= 11 is 0. The maximum atomic E-state index is 13.1. The predicted molar refractivity (Wildman–Crippen MR) is 428 cm³/mol. The molecule has 19 heteroatoms. The number of phosphoric ester groups is 2. The third kappa shape index (κ3) is 75.5. The van der Waals surface area contributed by atoms with E-state index in [1.807, 2.05) is 0 Å². The number of carbonyl (C=O) groups is 4. The fourth-order valence-corrected chi connectivity index (χ4v) is 14.7. The second-order valence-electron chi connectivity index (χ2n) is 31.5. The van der Waals surface area contributed by atoms with Gasteiger partial charge in [-0.25, -0.2) is 9.13 Å². The zero-order chi connectivity index (χ0) is 76.5. The van der Waals surface area contributed by atoms with Crippen molar-refractivity contribution in [3.8, 4) is 0 Å². The molecule has 0 radical (unpaired) electrons. The number of esters is 4. The number of unbranched alkanes of at least 4 members (excludes halogenated alkanes) is 49. The minimum Gasteiger partial charge on any atom is -0.462 e. The molecule has 0 bridgehead atoms. The highest BCUT2D eigenvalue weighted by molar-refractivity contribution is 7.47. The Labute approximate surface area is 638 Å². The molecule has 0 amide bonds. The molecular formula is C85H166O17P2. The second kappa shape index (κ2) is 75.1. The van der Waals surface area contributed by atoms with Gasteiger partial charge in [-0.15, -0.1) is 0 Å². The van der Waals surface area contributed by atoms with Gasteiger partial charge in [0.1, 0.15) is 19.3 Å². The van der Waals surface area contributed by atoms with Crippen LogP contribution in [-0.4, -0.2) is 96.7 Å². The Kier molecular flexibility index (Phi) is 73.7. The molecule has 618 valence electrons. The Morgan fingerprint density at radius 2 is 0.490 bits per heavy atom.